The molecule has 0 spiro atoms. The molecule has 0 radical (unpaired) electrons. The zero-order chi connectivity index (χ0) is 14.3. The van der Waals surface area contributed by atoms with Crippen molar-refractivity contribution in [2.24, 2.45) is 0 Å². The van der Waals surface area contributed by atoms with Crippen LogP contribution in [0.2, 0.25) is 5.02 Å². The fourth-order valence-electron chi connectivity index (χ4n) is 1.59. The summed E-state index contributed by atoms with van der Waals surface area (Å²) in [5, 5.41) is 8.66. The lowest BCUT2D eigenvalue weighted by molar-refractivity contribution is -0.116. The lowest BCUT2D eigenvalue weighted by Gasteiger charge is -2.10. The number of amides is 2. The monoisotopic (exact) mass is 283 g/mol. The van der Waals surface area contributed by atoms with E-state index in [0.29, 0.717) is 22.7 Å². The van der Waals surface area contributed by atoms with E-state index in [1.165, 1.54) is 13.1 Å². The van der Waals surface area contributed by atoms with E-state index in [0.717, 1.165) is 13.0 Å². The van der Waals surface area contributed by atoms with Crippen LogP contribution >= 0.6 is 11.6 Å². The van der Waals surface area contributed by atoms with Crippen LogP contribution in [0, 0.1) is 0 Å². The van der Waals surface area contributed by atoms with Crippen molar-refractivity contribution in [3.8, 4) is 0 Å². The van der Waals surface area contributed by atoms with Crippen molar-refractivity contribution in [3.05, 3.63) is 28.8 Å². The second-order valence-electron chi connectivity index (χ2n) is 4.02. The second-order valence-corrected chi connectivity index (χ2v) is 4.46. The zero-order valence-corrected chi connectivity index (χ0v) is 11.8. The lowest BCUT2D eigenvalue weighted by Crippen LogP contribution is -2.22. The Morgan fingerprint density at radius 2 is 2.00 bits per heavy atom. The first-order valence-electron chi connectivity index (χ1n) is 6.04. The molecule has 0 aliphatic rings. The van der Waals surface area contributed by atoms with Crippen molar-refractivity contribution in [1.82, 2.24) is 10.6 Å². The number of carbonyl (C=O) groups excluding carboxylic acids is 2. The Kier molecular flexibility index (Phi) is 6.32. The summed E-state index contributed by atoms with van der Waals surface area (Å²) in [6.45, 7) is 0.774. The molecular formula is C13H18ClN3O2. The summed E-state index contributed by atoms with van der Waals surface area (Å²) >= 11 is 5.86. The SMILES string of the molecule is CNCCCC(=O)Nc1ccc(Cl)cc1C(=O)NC. The quantitative estimate of drug-likeness (QED) is 0.695. The third-order valence-corrected chi connectivity index (χ3v) is 2.79. The van der Waals surface area contributed by atoms with E-state index in [4.69, 9.17) is 11.6 Å². The number of benzene rings is 1. The first kappa shape index (κ1) is 15.5. The molecule has 0 saturated heterocycles. The van der Waals surface area contributed by atoms with E-state index in [1.54, 1.807) is 12.1 Å². The second kappa shape index (κ2) is 7.76. The Labute approximate surface area is 117 Å². The third-order valence-electron chi connectivity index (χ3n) is 2.56. The van der Waals surface area contributed by atoms with Gasteiger partial charge in [0, 0.05) is 18.5 Å². The Morgan fingerprint density at radius 1 is 1.26 bits per heavy atom. The van der Waals surface area contributed by atoms with Gasteiger partial charge in [-0.1, -0.05) is 11.6 Å². The number of hydrogen-bond acceptors (Lipinski definition) is 3. The molecule has 0 saturated carbocycles. The number of halogens is 1. The molecule has 1 aromatic rings. The maximum atomic E-state index is 11.7. The number of nitrogens with one attached hydrogen (secondary N) is 3. The van der Waals surface area contributed by atoms with Gasteiger partial charge in [-0.2, -0.15) is 0 Å². The van der Waals surface area contributed by atoms with Gasteiger partial charge in [0.2, 0.25) is 5.91 Å². The minimum Gasteiger partial charge on any atom is -0.355 e. The summed E-state index contributed by atoms with van der Waals surface area (Å²) in [5.41, 5.74) is 0.829. The standard InChI is InChI=1S/C13H18ClN3O2/c1-15-7-3-4-12(18)17-11-6-5-9(14)8-10(11)13(19)16-2/h5-6,8,15H,3-4,7H2,1-2H3,(H,16,19)(H,17,18). The Hall–Kier alpha value is -1.59. The normalized spacial score (nSPS) is 10.1. The van der Waals surface area contributed by atoms with Crippen molar-refractivity contribution in [2.45, 2.75) is 12.8 Å². The summed E-state index contributed by atoms with van der Waals surface area (Å²) in [5.74, 6) is -0.407. The summed E-state index contributed by atoms with van der Waals surface area (Å²) < 4.78 is 0. The van der Waals surface area contributed by atoms with Gasteiger partial charge in [0.25, 0.3) is 5.91 Å². The molecule has 5 nitrogen and oxygen atoms in total. The minimum atomic E-state index is -0.284. The minimum absolute atomic E-state index is 0.122. The molecular weight excluding hydrogens is 266 g/mol. The number of rotatable bonds is 6. The van der Waals surface area contributed by atoms with Gasteiger partial charge >= 0.3 is 0 Å². The van der Waals surface area contributed by atoms with Gasteiger partial charge in [-0.15, -0.1) is 0 Å². The summed E-state index contributed by atoms with van der Waals surface area (Å²) in [4.78, 5) is 23.4. The molecule has 1 rings (SSSR count). The van der Waals surface area contributed by atoms with Gasteiger partial charge in [-0.05, 0) is 38.2 Å². The molecule has 2 amide bonds. The van der Waals surface area contributed by atoms with Crippen LogP contribution in [0.15, 0.2) is 18.2 Å². The first-order valence-corrected chi connectivity index (χ1v) is 6.42. The Balaban J connectivity index is 2.77. The van der Waals surface area contributed by atoms with Crippen molar-refractivity contribution < 1.29 is 9.59 Å². The van der Waals surface area contributed by atoms with Crippen LogP contribution in [0.5, 0.6) is 0 Å². The van der Waals surface area contributed by atoms with Crippen LogP contribution < -0.4 is 16.0 Å². The molecule has 6 heteroatoms. The van der Waals surface area contributed by atoms with E-state index in [9.17, 15) is 9.59 Å². The van der Waals surface area contributed by atoms with Gasteiger partial charge in [0.1, 0.15) is 0 Å². The fraction of sp³-hybridized carbons (Fsp3) is 0.385. The van der Waals surface area contributed by atoms with Gasteiger partial charge in [0.15, 0.2) is 0 Å². The molecule has 0 atom stereocenters. The average molecular weight is 284 g/mol. The molecule has 104 valence electrons. The largest absolute Gasteiger partial charge is 0.355 e. The zero-order valence-electron chi connectivity index (χ0n) is 11.0. The lowest BCUT2D eigenvalue weighted by atomic mass is 10.1. The topological polar surface area (TPSA) is 70.2 Å². The van der Waals surface area contributed by atoms with Gasteiger partial charge in [-0.3, -0.25) is 9.59 Å². The molecule has 0 aromatic heterocycles. The van der Waals surface area contributed by atoms with E-state index in [1.807, 2.05) is 7.05 Å². The van der Waals surface area contributed by atoms with Gasteiger partial charge in [0.05, 0.1) is 11.3 Å². The third kappa shape index (κ3) is 4.89. The van der Waals surface area contributed by atoms with Crippen LogP contribution in [0.1, 0.15) is 23.2 Å². The molecule has 1 aromatic carbocycles. The van der Waals surface area contributed by atoms with E-state index in [-0.39, 0.29) is 11.8 Å². The first-order chi connectivity index (χ1) is 9.08. The summed E-state index contributed by atoms with van der Waals surface area (Å²) in [7, 11) is 3.36. The van der Waals surface area contributed by atoms with Crippen molar-refractivity contribution in [3.63, 3.8) is 0 Å². The Morgan fingerprint density at radius 3 is 2.63 bits per heavy atom. The average Bonchev–Trinajstić information content (AvgIpc) is 2.40. The predicted octanol–water partition coefficient (Wildman–Crippen LogP) is 1.64. The molecule has 0 aliphatic heterocycles. The highest BCUT2D eigenvalue weighted by Crippen LogP contribution is 2.21. The van der Waals surface area contributed by atoms with E-state index >= 15 is 0 Å². The highest BCUT2D eigenvalue weighted by molar-refractivity contribution is 6.31. The number of anilines is 1. The smallest absolute Gasteiger partial charge is 0.253 e. The molecule has 0 fully saturated rings. The number of carbonyl (C=O) groups is 2. The molecule has 0 bridgehead atoms. The predicted molar refractivity (Wildman–Crippen MR) is 76.6 cm³/mol. The highest BCUT2D eigenvalue weighted by atomic mass is 35.5. The van der Waals surface area contributed by atoms with Crippen LogP contribution in [-0.2, 0) is 4.79 Å². The van der Waals surface area contributed by atoms with Crippen molar-refractivity contribution >= 4 is 29.1 Å². The molecule has 0 unspecified atom stereocenters. The molecule has 3 N–H and O–H groups in total. The van der Waals surface area contributed by atoms with Crippen LogP contribution in [0.3, 0.4) is 0 Å². The highest BCUT2D eigenvalue weighted by Gasteiger charge is 2.12. The summed E-state index contributed by atoms with van der Waals surface area (Å²) in [6, 6.07) is 4.80. The van der Waals surface area contributed by atoms with Crippen molar-refractivity contribution in [1.29, 1.82) is 0 Å². The van der Waals surface area contributed by atoms with E-state index < -0.39 is 0 Å². The maximum absolute atomic E-state index is 11.7. The Bertz CT molecular complexity index is 463. The van der Waals surface area contributed by atoms with Gasteiger partial charge in [-0.25, -0.2) is 0 Å². The number of hydrogen-bond donors (Lipinski definition) is 3. The van der Waals surface area contributed by atoms with Crippen LogP contribution in [0.4, 0.5) is 5.69 Å². The van der Waals surface area contributed by atoms with Crippen LogP contribution in [-0.4, -0.2) is 32.5 Å². The van der Waals surface area contributed by atoms with Gasteiger partial charge < -0.3 is 16.0 Å². The van der Waals surface area contributed by atoms with E-state index in [2.05, 4.69) is 16.0 Å². The fourth-order valence-corrected chi connectivity index (χ4v) is 1.76. The van der Waals surface area contributed by atoms with Crippen molar-refractivity contribution in [2.75, 3.05) is 26.0 Å². The molecule has 0 aliphatic carbocycles. The van der Waals surface area contributed by atoms with Crippen LogP contribution in [0.25, 0.3) is 0 Å². The molecule has 19 heavy (non-hydrogen) atoms. The maximum Gasteiger partial charge on any atom is 0.253 e. The summed E-state index contributed by atoms with van der Waals surface area (Å²) in [6.07, 6.45) is 1.14. The molecule has 0 heterocycles.